The highest BCUT2D eigenvalue weighted by molar-refractivity contribution is 7.25. The minimum atomic E-state index is 0.864. The van der Waals surface area contributed by atoms with E-state index in [9.17, 15) is 0 Å². The number of furan rings is 1. The highest BCUT2D eigenvalue weighted by atomic mass is 32.1. The summed E-state index contributed by atoms with van der Waals surface area (Å²) in [5.74, 6) is 0. The molecule has 0 saturated heterocycles. The Labute approximate surface area is 361 Å². The predicted octanol–water partition coefficient (Wildman–Crippen LogP) is 17.0. The van der Waals surface area contributed by atoms with Crippen molar-refractivity contribution in [2.45, 2.75) is 0 Å². The van der Waals surface area contributed by atoms with Crippen LogP contribution in [0.15, 0.2) is 223 Å². The van der Waals surface area contributed by atoms with Crippen LogP contribution in [0, 0.1) is 0 Å². The summed E-state index contributed by atoms with van der Waals surface area (Å²) in [5, 5.41) is 9.55. The Kier molecular flexibility index (Phi) is 7.78. The molecule has 62 heavy (non-hydrogen) atoms. The molecule has 0 bridgehead atoms. The standard InChI is InChI=1S/C58H36N2OS/c1-2-18-40-37(16-1)17-15-29-51(40)59(50-25-9-3-19-41(50)38-32-33-57-47(34-38)46-24-8-14-31-56(46)62-57)39-35-48(58-49(36-39)45-23-7-13-30-55(45)61-58)44-22-6-12-28-54(44)60-52-26-10-4-20-42(52)43-21-5-11-27-53(43)60/h1-36H. The van der Waals surface area contributed by atoms with Gasteiger partial charge in [0.15, 0.2) is 0 Å². The normalized spacial score (nSPS) is 11.9. The minimum Gasteiger partial charge on any atom is -0.455 e. The molecule has 3 nitrogen and oxygen atoms in total. The van der Waals surface area contributed by atoms with Crippen molar-refractivity contribution >= 4 is 103 Å². The molecule has 0 aliphatic carbocycles. The van der Waals surface area contributed by atoms with Gasteiger partial charge in [-0.25, -0.2) is 0 Å². The molecule has 0 saturated carbocycles. The summed E-state index contributed by atoms with van der Waals surface area (Å²) >= 11 is 1.85. The Bertz CT molecular complexity index is 3850. The van der Waals surface area contributed by atoms with Gasteiger partial charge >= 0.3 is 0 Å². The van der Waals surface area contributed by atoms with Crippen LogP contribution < -0.4 is 4.90 Å². The van der Waals surface area contributed by atoms with Crippen LogP contribution in [0.5, 0.6) is 0 Å². The molecule has 0 fully saturated rings. The number of fused-ring (bicyclic) bond motifs is 10. The van der Waals surface area contributed by atoms with E-state index in [1.165, 1.54) is 58.3 Å². The molecule has 3 aromatic heterocycles. The number of nitrogens with zero attached hydrogens (tertiary/aromatic N) is 2. The SMILES string of the molecule is c1ccc(N(c2cc(-c3ccccc3-n3c4ccccc4c4ccccc43)c3oc4ccccc4c3c2)c2cccc3ccccc23)c(-c2ccc3sc4ccccc4c3c2)c1. The maximum atomic E-state index is 6.94. The summed E-state index contributed by atoms with van der Waals surface area (Å²) in [4.78, 5) is 2.47. The molecular weight excluding hydrogens is 773 g/mol. The fourth-order valence-corrected chi connectivity index (χ4v) is 10.9. The molecule has 10 aromatic carbocycles. The van der Waals surface area contributed by atoms with Gasteiger partial charge in [0.05, 0.1) is 28.1 Å². The van der Waals surface area contributed by atoms with E-state index < -0.39 is 0 Å². The molecule has 3 heterocycles. The zero-order valence-corrected chi connectivity index (χ0v) is 34.3. The molecule has 0 amide bonds. The van der Waals surface area contributed by atoms with Crippen molar-refractivity contribution in [3.63, 3.8) is 0 Å². The molecule has 0 spiro atoms. The van der Waals surface area contributed by atoms with E-state index in [1.54, 1.807) is 0 Å². The second-order valence-corrected chi connectivity index (χ2v) is 17.1. The van der Waals surface area contributed by atoms with Gasteiger partial charge in [0.25, 0.3) is 0 Å². The molecule has 0 atom stereocenters. The lowest BCUT2D eigenvalue weighted by Crippen LogP contribution is -2.12. The smallest absolute Gasteiger partial charge is 0.143 e. The van der Waals surface area contributed by atoms with Gasteiger partial charge in [-0.05, 0) is 77.7 Å². The first-order chi connectivity index (χ1) is 30.8. The number of hydrogen-bond donors (Lipinski definition) is 0. The molecule has 0 aliphatic heterocycles. The second-order valence-electron chi connectivity index (χ2n) is 16.0. The summed E-state index contributed by atoms with van der Waals surface area (Å²) in [6.45, 7) is 0. The first kappa shape index (κ1) is 34.9. The van der Waals surface area contributed by atoms with E-state index in [1.807, 2.05) is 11.3 Å². The second kappa shape index (κ2) is 13.8. The summed E-state index contributed by atoms with van der Waals surface area (Å²) in [7, 11) is 0. The summed E-state index contributed by atoms with van der Waals surface area (Å²) < 4.78 is 12.0. The van der Waals surface area contributed by atoms with E-state index in [0.29, 0.717) is 0 Å². The first-order valence-corrected chi connectivity index (χ1v) is 21.9. The molecule has 0 unspecified atom stereocenters. The van der Waals surface area contributed by atoms with Gasteiger partial charge in [-0.1, -0.05) is 152 Å². The molecule has 13 aromatic rings. The van der Waals surface area contributed by atoms with E-state index in [-0.39, 0.29) is 0 Å². The number of thiophene rings is 1. The van der Waals surface area contributed by atoms with Crippen molar-refractivity contribution < 1.29 is 4.42 Å². The quantitative estimate of drug-likeness (QED) is 0.167. The third-order valence-corrected chi connectivity index (χ3v) is 13.7. The van der Waals surface area contributed by atoms with Crippen LogP contribution in [-0.2, 0) is 0 Å². The highest BCUT2D eigenvalue weighted by Crippen LogP contribution is 2.49. The Hall–Kier alpha value is -7.92. The maximum absolute atomic E-state index is 6.94. The highest BCUT2D eigenvalue weighted by Gasteiger charge is 2.25. The minimum absolute atomic E-state index is 0.864. The van der Waals surface area contributed by atoms with Gasteiger partial charge in [-0.15, -0.1) is 11.3 Å². The van der Waals surface area contributed by atoms with E-state index in [4.69, 9.17) is 4.42 Å². The fourth-order valence-electron chi connectivity index (χ4n) is 9.84. The molecule has 290 valence electrons. The Morgan fingerprint density at radius 3 is 1.84 bits per heavy atom. The van der Waals surface area contributed by atoms with Gasteiger partial charge in [-0.2, -0.15) is 0 Å². The molecule has 4 heteroatoms. The molecule has 0 aliphatic rings. The van der Waals surface area contributed by atoms with Crippen LogP contribution in [-0.4, -0.2) is 4.57 Å². The lowest BCUT2D eigenvalue weighted by Gasteiger charge is -2.30. The van der Waals surface area contributed by atoms with Crippen LogP contribution in [0.1, 0.15) is 0 Å². The summed E-state index contributed by atoms with van der Waals surface area (Å²) in [6.07, 6.45) is 0. The average molecular weight is 809 g/mol. The average Bonchev–Trinajstić information content (AvgIpc) is 4.01. The van der Waals surface area contributed by atoms with Crippen molar-refractivity contribution in [1.29, 1.82) is 0 Å². The number of benzene rings is 10. The first-order valence-electron chi connectivity index (χ1n) is 21.1. The van der Waals surface area contributed by atoms with Crippen molar-refractivity contribution in [2.75, 3.05) is 4.90 Å². The van der Waals surface area contributed by atoms with Crippen LogP contribution in [0.2, 0.25) is 0 Å². The number of aromatic nitrogens is 1. The monoisotopic (exact) mass is 808 g/mol. The fraction of sp³-hybridized carbons (Fsp3) is 0. The Morgan fingerprint density at radius 2 is 1.00 bits per heavy atom. The molecule has 13 rings (SSSR count). The number of para-hydroxylation sites is 5. The van der Waals surface area contributed by atoms with Gasteiger partial charge in [-0.3, -0.25) is 0 Å². The zero-order valence-electron chi connectivity index (χ0n) is 33.5. The van der Waals surface area contributed by atoms with E-state index in [2.05, 4.69) is 228 Å². The van der Waals surface area contributed by atoms with Crippen molar-refractivity contribution in [3.05, 3.63) is 218 Å². The van der Waals surface area contributed by atoms with Crippen molar-refractivity contribution in [3.8, 4) is 27.9 Å². The molecule has 0 N–H and O–H groups in total. The number of rotatable bonds is 6. The lowest BCUT2D eigenvalue weighted by atomic mass is 9.96. The summed E-state index contributed by atoms with van der Waals surface area (Å²) in [6, 6.07) is 79.3. The third kappa shape index (κ3) is 5.30. The lowest BCUT2D eigenvalue weighted by molar-refractivity contribution is 0.670. The van der Waals surface area contributed by atoms with Gasteiger partial charge in [0.2, 0.25) is 0 Å². The Morgan fingerprint density at radius 1 is 0.387 bits per heavy atom. The molecular formula is C58H36N2OS. The van der Waals surface area contributed by atoms with Crippen LogP contribution in [0.25, 0.3) is 103 Å². The van der Waals surface area contributed by atoms with Crippen molar-refractivity contribution in [1.82, 2.24) is 4.57 Å². The van der Waals surface area contributed by atoms with Gasteiger partial charge in [0, 0.05) is 69.5 Å². The predicted molar refractivity (Wildman–Crippen MR) is 264 cm³/mol. The molecule has 0 radical (unpaired) electrons. The van der Waals surface area contributed by atoms with Gasteiger partial charge < -0.3 is 13.9 Å². The van der Waals surface area contributed by atoms with Crippen LogP contribution in [0.4, 0.5) is 17.1 Å². The Balaban J connectivity index is 1.12. The van der Waals surface area contributed by atoms with E-state index in [0.717, 1.165) is 61.4 Å². The van der Waals surface area contributed by atoms with Gasteiger partial charge in [0.1, 0.15) is 11.2 Å². The number of anilines is 3. The largest absolute Gasteiger partial charge is 0.455 e. The summed E-state index contributed by atoms with van der Waals surface area (Å²) in [5.41, 5.74) is 12.8. The van der Waals surface area contributed by atoms with Crippen LogP contribution >= 0.6 is 11.3 Å². The topological polar surface area (TPSA) is 21.3 Å². The van der Waals surface area contributed by atoms with E-state index >= 15 is 0 Å². The zero-order chi connectivity index (χ0) is 40.7. The third-order valence-electron chi connectivity index (χ3n) is 12.6. The van der Waals surface area contributed by atoms with Crippen molar-refractivity contribution in [2.24, 2.45) is 0 Å². The number of hydrogen-bond acceptors (Lipinski definition) is 3. The van der Waals surface area contributed by atoms with Crippen LogP contribution in [0.3, 0.4) is 0 Å². The maximum Gasteiger partial charge on any atom is 0.143 e.